The molecule has 3 aromatic rings. The zero-order valence-corrected chi connectivity index (χ0v) is 15.1. The van der Waals surface area contributed by atoms with Crippen molar-refractivity contribution in [3.8, 4) is 11.3 Å². The van der Waals surface area contributed by atoms with Gasteiger partial charge in [0.1, 0.15) is 5.82 Å². The number of hydrogen-bond donors (Lipinski definition) is 2. The lowest BCUT2D eigenvalue weighted by Crippen LogP contribution is -2.01. The number of pyridine rings is 2. The summed E-state index contributed by atoms with van der Waals surface area (Å²) in [6, 6.07) is 13.8. The van der Waals surface area contributed by atoms with Crippen molar-refractivity contribution < 1.29 is 5.11 Å². The predicted molar refractivity (Wildman–Crippen MR) is 105 cm³/mol. The summed E-state index contributed by atoms with van der Waals surface area (Å²) < 4.78 is 0. The van der Waals surface area contributed by atoms with Crippen LogP contribution in [0.2, 0.25) is 5.02 Å². The van der Waals surface area contributed by atoms with Gasteiger partial charge in [-0.2, -0.15) is 0 Å². The Bertz CT molecular complexity index is 925. The monoisotopic (exact) mass is 365 g/mol. The summed E-state index contributed by atoms with van der Waals surface area (Å²) >= 11 is 6.15. The Kier molecular flexibility index (Phi) is 4.87. The van der Waals surface area contributed by atoms with E-state index in [0.717, 1.165) is 53.3 Å². The van der Waals surface area contributed by atoms with E-state index in [2.05, 4.69) is 16.4 Å². The van der Waals surface area contributed by atoms with Crippen LogP contribution in [-0.4, -0.2) is 21.7 Å². The molecule has 132 valence electrons. The van der Waals surface area contributed by atoms with Crippen LogP contribution in [0.15, 0.2) is 48.7 Å². The fourth-order valence-electron chi connectivity index (χ4n) is 3.36. The molecule has 4 nitrogen and oxygen atoms in total. The van der Waals surface area contributed by atoms with Crippen molar-refractivity contribution in [3.63, 3.8) is 0 Å². The Morgan fingerprint density at radius 3 is 2.81 bits per heavy atom. The molecule has 1 aliphatic carbocycles. The predicted octanol–water partition coefficient (Wildman–Crippen LogP) is 4.56. The van der Waals surface area contributed by atoms with Crippen molar-refractivity contribution in [2.24, 2.45) is 0 Å². The van der Waals surface area contributed by atoms with E-state index in [0.29, 0.717) is 11.4 Å². The number of halogens is 1. The first-order valence-electron chi connectivity index (χ1n) is 8.84. The number of aryl methyl sites for hydroxylation is 1. The van der Waals surface area contributed by atoms with Gasteiger partial charge in [0.25, 0.3) is 0 Å². The van der Waals surface area contributed by atoms with E-state index in [1.54, 1.807) is 6.20 Å². The Morgan fingerprint density at radius 1 is 1.12 bits per heavy atom. The molecule has 0 aliphatic heterocycles. The number of aromatic nitrogens is 2. The summed E-state index contributed by atoms with van der Waals surface area (Å²) in [6.45, 7) is 0.134. The number of anilines is 2. The maximum atomic E-state index is 9.03. The Labute approximate surface area is 157 Å². The first-order valence-corrected chi connectivity index (χ1v) is 9.22. The second kappa shape index (κ2) is 7.44. The van der Waals surface area contributed by atoms with Crippen LogP contribution < -0.4 is 5.32 Å². The fourth-order valence-corrected chi connectivity index (χ4v) is 3.55. The summed E-state index contributed by atoms with van der Waals surface area (Å²) in [5.41, 5.74) is 6.45. The summed E-state index contributed by atoms with van der Waals surface area (Å²) in [7, 11) is 0. The highest BCUT2D eigenvalue weighted by Gasteiger charge is 2.19. The SMILES string of the molecule is OCCc1ccc(Nc2cc(-c3cccc(Cl)c3)nc3c2CCC3)nc1. The van der Waals surface area contributed by atoms with Gasteiger partial charge < -0.3 is 10.4 Å². The van der Waals surface area contributed by atoms with Crippen molar-refractivity contribution in [1.82, 2.24) is 9.97 Å². The highest BCUT2D eigenvalue weighted by molar-refractivity contribution is 6.30. The number of fused-ring (bicyclic) bond motifs is 1. The van der Waals surface area contributed by atoms with Crippen LogP contribution in [0, 0.1) is 0 Å². The lowest BCUT2D eigenvalue weighted by Gasteiger charge is -2.13. The Hall–Kier alpha value is -2.43. The molecule has 2 N–H and O–H groups in total. The molecule has 0 amide bonds. The van der Waals surface area contributed by atoms with E-state index in [-0.39, 0.29) is 6.61 Å². The summed E-state index contributed by atoms with van der Waals surface area (Å²) in [5.74, 6) is 0.795. The normalized spacial score (nSPS) is 12.8. The maximum absolute atomic E-state index is 9.03. The van der Waals surface area contributed by atoms with Gasteiger partial charge in [-0.3, -0.25) is 4.98 Å². The van der Waals surface area contributed by atoms with Crippen LogP contribution in [0.3, 0.4) is 0 Å². The smallest absolute Gasteiger partial charge is 0.130 e. The van der Waals surface area contributed by atoms with Crippen molar-refractivity contribution in [1.29, 1.82) is 0 Å². The average molecular weight is 366 g/mol. The zero-order valence-electron chi connectivity index (χ0n) is 14.4. The van der Waals surface area contributed by atoms with Gasteiger partial charge in [-0.1, -0.05) is 29.8 Å². The Morgan fingerprint density at radius 2 is 2.04 bits per heavy atom. The lowest BCUT2D eigenvalue weighted by atomic mass is 10.1. The van der Waals surface area contributed by atoms with Gasteiger partial charge in [-0.15, -0.1) is 0 Å². The van der Waals surface area contributed by atoms with Gasteiger partial charge in [0, 0.05) is 34.8 Å². The van der Waals surface area contributed by atoms with E-state index in [1.807, 2.05) is 36.4 Å². The molecule has 0 saturated carbocycles. The number of benzene rings is 1. The van der Waals surface area contributed by atoms with E-state index in [9.17, 15) is 0 Å². The van der Waals surface area contributed by atoms with Gasteiger partial charge in [0.2, 0.25) is 0 Å². The van der Waals surface area contributed by atoms with Crippen molar-refractivity contribution in [3.05, 3.63) is 70.5 Å². The number of hydrogen-bond acceptors (Lipinski definition) is 4. The fraction of sp³-hybridized carbons (Fsp3) is 0.238. The number of aliphatic hydroxyl groups is 1. The molecule has 0 bridgehead atoms. The molecule has 2 aromatic heterocycles. The highest BCUT2D eigenvalue weighted by Crippen LogP contribution is 2.33. The molecule has 1 aromatic carbocycles. The number of nitrogens with one attached hydrogen (secondary N) is 1. The molecular formula is C21H20ClN3O. The van der Waals surface area contributed by atoms with Gasteiger partial charge in [-0.25, -0.2) is 4.98 Å². The maximum Gasteiger partial charge on any atom is 0.130 e. The summed E-state index contributed by atoms with van der Waals surface area (Å²) in [4.78, 5) is 9.33. The van der Waals surface area contributed by atoms with Crippen LogP contribution >= 0.6 is 11.6 Å². The number of aliphatic hydroxyl groups excluding tert-OH is 1. The van der Waals surface area contributed by atoms with Gasteiger partial charge in [0.15, 0.2) is 0 Å². The number of rotatable bonds is 5. The van der Waals surface area contributed by atoms with Crippen LogP contribution in [0.4, 0.5) is 11.5 Å². The molecule has 26 heavy (non-hydrogen) atoms. The molecule has 2 heterocycles. The highest BCUT2D eigenvalue weighted by atomic mass is 35.5. The zero-order chi connectivity index (χ0) is 17.9. The largest absolute Gasteiger partial charge is 0.396 e. The van der Waals surface area contributed by atoms with Crippen LogP contribution in [-0.2, 0) is 19.3 Å². The van der Waals surface area contributed by atoms with E-state index in [1.165, 1.54) is 5.56 Å². The third-order valence-electron chi connectivity index (χ3n) is 4.66. The van der Waals surface area contributed by atoms with Crippen molar-refractivity contribution in [2.75, 3.05) is 11.9 Å². The molecular weight excluding hydrogens is 346 g/mol. The molecule has 0 fully saturated rings. The van der Waals surface area contributed by atoms with Gasteiger partial charge in [-0.05, 0) is 61.1 Å². The molecule has 0 radical (unpaired) electrons. The topological polar surface area (TPSA) is 58.0 Å². The Balaban J connectivity index is 1.69. The minimum Gasteiger partial charge on any atom is -0.396 e. The standard InChI is InChI=1S/C21H20ClN3O/c22-16-4-1-3-15(11-16)19-12-20(17-5-2-6-18(17)24-19)25-21-8-7-14(9-10-26)13-23-21/h1,3-4,7-8,11-13,26H,2,5-6,9-10H2,(H,23,24,25). The third kappa shape index (κ3) is 3.57. The van der Waals surface area contributed by atoms with Crippen molar-refractivity contribution >= 4 is 23.1 Å². The molecule has 1 aliphatic rings. The first kappa shape index (κ1) is 17.0. The molecule has 0 atom stereocenters. The summed E-state index contributed by atoms with van der Waals surface area (Å²) in [5, 5.41) is 13.2. The van der Waals surface area contributed by atoms with E-state index in [4.69, 9.17) is 21.7 Å². The second-order valence-electron chi connectivity index (χ2n) is 6.49. The van der Waals surface area contributed by atoms with Crippen molar-refractivity contribution in [2.45, 2.75) is 25.7 Å². The molecule has 0 saturated heterocycles. The third-order valence-corrected chi connectivity index (χ3v) is 4.89. The quantitative estimate of drug-likeness (QED) is 0.695. The van der Waals surface area contributed by atoms with E-state index >= 15 is 0 Å². The van der Waals surface area contributed by atoms with Gasteiger partial charge in [0.05, 0.1) is 5.69 Å². The first-order chi connectivity index (χ1) is 12.7. The van der Waals surface area contributed by atoms with Crippen LogP contribution in [0.1, 0.15) is 23.2 Å². The lowest BCUT2D eigenvalue weighted by molar-refractivity contribution is 0.299. The molecule has 5 heteroatoms. The van der Waals surface area contributed by atoms with Crippen LogP contribution in [0.5, 0.6) is 0 Å². The van der Waals surface area contributed by atoms with E-state index < -0.39 is 0 Å². The van der Waals surface area contributed by atoms with Gasteiger partial charge >= 0.3 is 0 Å². The summed E-state index contributed by atoms with van der Waals surface area (Å²) in [6.07, 6.45) is 5.58. The minimum absolute atomic E-state index is 0.134. The molecule has 0 spiro atoms. The van der Waals surface area contributed by atoms with Crippen LogP contribution in [0.25, 0.3) is 11.3 Å². The number of nitrogens with zero attached hydrogens (tertiary/aromatic N) is 2. The second-order valence-corrected chi connectivity index (χ2v) is 6.93. The minimum atomic E-state index is 0.134. The molecule has 4 rings (SSSR count). The average Bonchev–Trinajstić information content (AvgIpc) is 3.12. The molecule has 0 unspecified atom stereocenters.